The fraction of sp³-hybridized carbons (Fsp3) is 0.143. The van der Waals surface area contributed by atoms with Crippen molar-refractivity contribution in [2.75, 3.05) is 0 Å². The van der Waals surface area contributed by atoms with Crippen LogP contribution in [0.15, 0.2) is 53.7 Å². The van der Waals surface area contributed by atoms with Crippen molar-refractivity contribution in [2.24, 2.45) is 5.18 Å². The van der Waals surface area contributed by atoms with Gasteiger partial charge in [0.2, 0.25) is 0 Å². The van der Waals surface area contributed by atoms with Gasteiger partial charge >= 0.3 is 6.18 Å². The smallest absolute Gasteiger partial charge is 0.166 e. The van der Waals surface area contributed by atoms with Crippen LogP contribution in [0.2, 0.25) is 0 Å². The first kappa shape index (κ1) is 13.3. The summed E-state index contributed by atoms with van der Waals surface area (Å²) in [6.45, 7) is 0.0501. The van der Waals surface area contributed by atoms with Crippen LogP contribution in [0.1, 0.15) is 11.1 Å². The Morgan fingerprint density at radius 3 is 2.21 bits per heavy atom. The molecule has 0 spiro atoms. The number of rotatable bonds is 3. The summed E-state index contributed by atoms with van der Waals surface area (Å²) in [7, 11) is 0. The zero-order valence-electron chi connectivity index (χ0n) is 9.82. The summed E-state index contributed by atoms with van der Waals surface area (Å²) >= 11 is 0. The second-order valence-electron chi connectivity index (χ2n) is 4.06. The third kappa shape index (κ3) is 3.19. The summed E-state index contributed by atoms with van der Waals surface area (Å²) in [5.74, 6) is 0. The third-order valence-electron chi connectivity index (χ3n) is 2.72. The molecular formula is C14H10F3NO. The zero-order valence-corrected chi connectivity index (χ0v) is 9.82. The summed E-state index contributed by atoms with van der Waals surface area (Å²) in [5, 5.41) is 2.79. The van der Waals surface area contributed by atoms with Gasteiger partial charge in [0.15, 0.2) is 0 Å². The summed E-state index contributed by atoms with van der Waals surface area (Å²) in [5.41, 5.74) is 1.48. The van der Waals surface area contributed by atoms with Crippen molar-refractivity contribution in [3.63, 3.8) is 0 Å². The summed E-state index contributed by atoms with van der Waals surface area (Å²) in [6.07, 6.45) is -4.33. The van der Waals surface area contributed by atoms with E-state index in [1.165, 1.54) is 12.1 Å². The molecule has 0 radical (unpaired) electrons. The molecule has 98 valence electrons. The number of hydrogen-bond acceptors (Lipinski definition) is 2. The van der Waals surface area contributed by atoms with Gasteiger partial charge in [0.25, 0.3) is 0 Å². The molecule has 0 aliphatic carbocycles. The first-order valence-electron chi connectivity index (χ1n) is 5.56. The van der Waals surface area contributed by atoms with E-state index in [2.05, 4.69) is 5.18 Å². The van der Waals surface area contributed by atoms with Crippen LogP contribution in [0.25, 0.3) is 11.1 Å². The molecule has 0 aliphatic rings. The molecule has 0 fully saturated rings. The van der Waals surface area contributed by atoms with Crippen LogP contribution in [0.5, 0.6) is 0 Å². The highest BCUT2D eigenvalue weighted by molar-refractivity contribution is 5.64. The normalized spacial score (nSPS) is 11.3. The Labute approximate surface area is 107 Å². The lowest BCUT2D eigenvalue weighted by molar-refractivity contribution is -0.137. The SMILES string of the molecule is O=NCc1cccc(-c2ccc(C(F)(F)F)cc2)c1. The van der Waals surface area contributed by atoms with Crippen LogP contribution in [-0.2, 0) is 12.7 Å². The maximum atomic E-state index is 12.4. The van der Waals surface area contributed by atoms with Crippen LogP contribution in [0.4, 0.5) is 13.2 Å². The molecular weight excluding hydrogens is 255 g/mol. The second-order valence-corrected chi connectivity index (χ2v) is 4.06. The van der Waals surface area contributed by atoms with Crippen LogP contribution in [0.3, 0.4) is 0 Å². The third-order valence-corrected chi connectivity index (χ3v) is 2.72. The highest BCUT2D eigenvalue weighted by atomic mass is 19.4. The van der Waals surface area contributed by atoms with Crippen molar-refractivity contribution >= 4 is 0 Å². The Bertz CT molecular complexity index is 576. The fourth-order valence-electron chi connectivity index (χ4n) is 1.78. The van der Waals surface area contributed by atoms with E-state index in [0.717, 1.165) is 23.3 Å². The number of halogens is 3. The number of nitroso groups, excluding NO2 is 1. The topological polar surface area (TPSA) is 29.4 Å². The van der Waals surface area contributed by atoms with Gasteiger partial charge < -0.3 is 0 Å². The van der Waals surface area contributed by atoms with Crippen molar-refractivity contribution in [3.8, 4) is 11.1 Å². The standard InChI is InChI=1S/C14H10F3NO/c15-14(16,17)13-6-4-11(5-7-13)12-3-1-2-10(8-12)9-18-19/h1-8H,9H2. The van der Waals surface area contributed by atoms with Crippen LogP contribution in [0, 0.1) is 4.91 Å². The van der Waals surface area contributed by atoms with Gasteiger partial charge in [0.05, 0.1) is 5.56 Å². The molecule has 0 N–H and O–H groups in total. The number of nitrogens with zero attached hydrogens (tertiary/aromatic N) is 1. The van der Waals surface area contributed by atoms with E-state index in [-0.39, 0.29) is 6.54 Å². The lowest BCUT2D eigenvalue weighted by Gasteiger charge is -2.08. The van der Waals surface area contributed by atoms with Gasteiger partial charge in [0.1, 0.15) is 6.54 Å². The van der Waals surface area contributed by atoms with E-state index in [1.807, 2.05) is 0 Å². The number of benzene rings is 2. The van der Waals surface area contributed by atoms with Gasteiger partial charge in [-0.3, -0.25) is 0 Å². The van der Waals surface area contributed by atoms with Gasteiger partial charge in [-0.1, -0.05) is 35.5 Å². The molecule has 0 saturated heterocycles. The fourth-order valence-corrected chi connectivity index (χ4v) is 1.78. The van der Waals surface area contributed by atoms with Crippen molar-refractivity contribution in [3.05, 3.63) is 64.6 Å². The summed E-state index contributed by atoms with van der Waals surface area (Å²) in [6, 6.07) is 11.9. The Morgan fingerprint density at radius 2 is 1.63 bits per heavy atom. The van der Waals surface area contributed by atoms with Gasteiger partial charge in [-0.25, -0.2) is 0 Å². The molecule has 5 heteroatoms. The van der Waals surface area contributed by atoms with E-state index in [9.17, 15) is 18.1 Å². The first-order chi connectivity index (χ1) is 9.00. The van der Waals surface area contributed by atoms with Crippen molar-refractivity contribution in [2.45, 2.75) is 12.7 Å². The Morgan fingerprint density at radius 1 is 0.947 bits per heavy atom. The maximum absolute atomic E-state index is 12.4. The molecule has 0 bridgehead atoms. The molecule has 2 aromatic rings. The minimum atomic E-state index is -4.33. The summed E-state index contributed by atoms with van der Waals surface area (Å²) < 4.78 is 37.3. The molecule has 0 aromatic heterocycles. The van der Waals surface area contributed by atoms with Crippen LogP contribution in [-0.4, -0.2) is 0 Å². The van der Waals surface area contributed by atoms with Gasteiger partial charge in [-0.15, -0.1) is 0 Å². The zero-order chi connectivity index (χ0) is 13.9. The van der Waals surface area contributed by atoms with E-state index in [4.69, 9.17) is 0 Å². The quantitative estimate of drug-likeness (QED) is 0.743. The van der Waals surface area contributed by atoms with Gasteiger partial charge in [-0.2, -0.15) is 18.1 Å². The van der Waals surface area contributed by atoms with Crippen LogP contribution >= 0.6 is 0 Å². The molecule has 2 nitrogen and oxygen atoms in total. The first-order valence-corrected chi connectivity index (χ1v) is 5.56. The van der Waals surface area contributed by atoms with E-state index in [0.29, 0.717) is 5.56 Å². The lowest BCUT2D eigenvalue weighted by atomic mass is 10.0. The molecule has 19 heavy (non-hydrogen) atoms. The molecule has 0 aliphatic heterocycles. The lowest BCUT2D eigenvalue weighted by Crippen LogP contribution is -2.03. The average Bonchev–Trinajstić information content (AvgIpc) is 2.39. The molecule has 0 atom stereocenters. The molecule has 0 heterocycles. The summed E-state index contributed by atoms with van der Waals surface area (Å²) in [4.78, 5) is 10.2. The Kier molecular flexibility index (Phi) is 3.64. The van der Waals surface area contributed by atoms with Crippen molar-refractivity contribution < 1.29 is 13.2 Å². The monoisotopic (exact) mass is 265 g/mol. The van der Waals surface area contributed by atoms with Crippen LogP contribution < -0.4 is 0 Å². The minimum absolute atomic E-state index is 0.0501. The molecule has 0 amide bonds. The van der Waals surface area contributed by atoms with E-state index in [1.54, 1.807) is 24.3 Å². The highest BCUT2D eigenvalue weighted by Crippen LogP contribution is 2.31. The molecule has 0 unspecified atom stereocenters. The molecule has 2 aromatic carbocycles. The average molecular weight is 265 g/mol. The predicted octanol–water partition coefficient (Wildman–Crippen LogP) is 4.64. The second kappa shape index (κ2) is 5.22. The van der Waals surface area contributed by atoms with E-state index < -0.39 is 11.7 Å². The van der Waals surface area contributed by atoms with Gasteiger partial charge in [0, 0.05) is 0 Å². The maximum Gasteiger partial charge on any atom is 0.416 e. The van der Waals surface area contributed by atoms with Crippen molar-refractivity contribution in [1.29, 1.82) is 0 Å². The molecule has 2 rings (SSSR count). The largest absolute Gasteiger partial charge is 0.416 e. The highest BCUT2D eigenvalue weighted by Gasteiger charge is 2.29. The van der Waals surface area contributed by atoms with E-state index >= 15 is 0 Å². The number of hydrogen-bond donors (Lipinski definition) is 0. The molecule has 0 saturated carbocycles. The van der Waals surface area contributed by atoms with Crippen molar-refractivity contribution in [1.82, 2.24) is 0 Å². The predicted molar refractivity (Wildman–Crippen MR) is 66.4 cm³/mol. The Hall–Kier alpha value is -2.17. The minimum Gasteiger partial charge on any atom is -0.166 e. The van der Waals surface area contributed by atoms with Gasteiger partial charge in [-0.05, 0) is 34.9 Å². The Balaban J connectivity index is 2.32. The number of alkyl halides is 3.